The van der Waals surface area contributed by atoms with Crippen LogP contribution in [0.2, 0.25) is 0 Å². The number of nitrogens with two attached hydrogens (primary N) is 3. The van der Waals surface area contributed by atoms with Crippen molar-refractivity contribution in [2.45, 2.75) is 73.9 Å². The van der Waals surface area contributed by atoms with Crippen LogP contribution < -0.4 is 17.2 Å². The largest absolute Gasteiger partial charge is 0.472 e. The summed E-state index contributed by atoms with van der Waals surface area (Å²) in [4.78, 5) is 90.0. The summed E-state index contributed by atoms with van der Waals surface area (Å²) in [6, 6.07) is 0. The summed E-state index contributed by atoms with van der Waals surface area (Å²) >= 11 is 10.1. The van der Waals surface area contributed by atoms with Crippen LogP contribution in [0.15, 0.2) is 38.0 Å². The summed E-state index contributed by atoms with van der Waals surface area (Å²) in [6.07, 6.45) is -8.02. The van der Waals surface area contributed by atoms with Gasteiger partial charge in [0.2, 0.25) is 0 Å². The van der Waals surface area contributed by atoms with Gasteiger partial charge in [0.05, 0.1) is 58.6 Å². The summed E-state index contributed by atoms with van der Waals surface area (Å²) in [5, 5.41) is 20.9. The Morgan fingerprint density at radius 1 is 0.623 bits per heavy atom. The zero-order valence-corrected chi connectivity index (χ0v) is 44.7. The number of nitrogens with zero attached hydrogens (tertiary/aromatic N) is 12. The lowest BCUT2D eigenvalue weighted by Gasteiger charge is -2.27. The van der Waals surface area contributed by atoms with Crippen LogP contribution in [0.1, 0.15) is 25.1 Å². The summed E-state index contributed by atoms with van der Waals surface area (Å²) in [5.41, 5.74) is 18.9. The second kappa shape index (κ2) is 23.6. The van der Waals surface area contributed by atoms with Crippen molar-refractivity contribution in [3.63, 3.8) is 0 Å². The monoisotopic (exact) mass is 1200 g/mol. The van der Waals surface area contributed by atoms with Crippen molar-refractivity contribution in [3.05, 3.63) is 38.0 Å². The highest BCUT2D eigenvalue weighted by molar-refractivity contribution is 8.07. The molecule has 13 N–H and O–H groups in total. The molecule has 9 rings (SSSR count). The van der Waals surface area contributed by atoms with Crippen molar-refractivity contribution in [3.8, 4) is 0 Å². The molecule has 422 valence electrons. The topological polar surface area (TPSA) is 495 Å². The van der Waals surface area contributed by atoms with Gasteiger partial charge in [0, 0.05) is 13.7 Å². The van der Waals surface area contributed by atoms with Crippen LogP contribution in [0.4, 0.5) is 17.5 Å². The predicted molar refractivity (Wildman–Crippen MR) is 264 cm³/mol. The number of imidazole rings is 3. The molecule has 6 aromatic rings. The van der Waals surface area contributed by atoms with Gasteiger partial charge in [0.1, 0.15) is 84.4 Å². The Balaban J connectivity index is 0.886. The molecule has 6 aromatic heterocycles. The standard InChI is InChI=1S/C35H49N15O21P4S2/c1-60-23-17(9-65-72(53,54)63-6-3-51)68-35(50-15-47-21-29(38)41-12-44-32(21)50)26(23)70-73(55,56)66-8-16-22(52)25(34(67-16)49-14-46-20-28(37)40-11-43-31(20)49)71-75(59,77)64-5-2-4-61-24-18(69-74(57,58)76)7-62-33(24)48-13-45-19-27(36)39-10-42-30(19)48/h10-18,22-26,33-35,51-52H,2-9H2,1H3,(H,53,54)(H,55,56)(H,59,77)(H2,36,39,42)(H2,37,40,43)(H2,38,41,44)(H2,57,58,76)/t16-,17-,18+,22+,23+,24?,25?,26?,33-,34-,35-,75?/m1/s1. The van der Waals surface area contributed by atoms with E-state index in [9.17, 15) is 38.7 Å². The number of phosphoric ester groups is 2. The lowest BCUT2D eigenvalue weighted by atomic mass is 10.1. The van der Waals surface area contributed by atoms with Crippen LogP contribution in [-0.4, -0.2) is 195 Å². The highest BCUT2D eigenvalue weighted by Crippen LogP contribution is 2.54. The molecule has 3 saturated heterocycles. The van der Waals surface area contributed by atoms with E-state index < -0.39 is 123 Å². The molecule has 0 aromatic carbocycles. The van der Waals surface area contributed by atoms with E-state index in [2.05, 4.69) is 44.9 Å². The molecule has 42 heteroatoms. The Morgan fingerprint density at radius 3 is 1.69 bits per heavy atom. The number of hydrogen-bond acceptors (Lipinski definition) is 30. The molecular formula is C35H49N15O21P4S2. The van der Waals surface area contributed by atoms with Gasteiger partial charge in [-0.05, 0) is 30.0 Å². The van der Waals surface area contributed by atoms with Gasteiger partial charge in [-0.3, -0.25) is 36.3 Å². The van der Waals surface area contributed by atoms with Gasteiger partial charge in [-0.25, -0.2) is 54.0 Å². The summed E-state index contributed by atoms with van der Waals surface area (Å²) < 4.78 is 98.2. The molecule has 3 aliphatic heterocycles. The lowest BCUT2D eigenvalue weighted by Crippen LogP contribution is -2.38. The van der Waals surface area contributed by atoms with Crippen LogP contribution in [0.25, 0.3) is 33.5 Å². The van der Waals surface area contributed by atoms with E-state index in [4.69, 9.17) is 101 Å². The molecule has 9 heterocycles. The van der Waals surface area contributed by atoms with Crippen molar-refractivity contribution in [1.29, 1.82) is 0 Å². The minimum Gasteiger partial charge on any atom is -0.394 e. The van der Waals surface area contributed by atoms with E-state index in [1.165, 1.54) is 46.1 Å². The number of aliphatic hydroxyl groups is 2. The van der Waals surface area contributed by atoms with Crippen molar-refractivity contribution in [1.82, 2.24) is 58.6 Å². The molecule has 36 nitrogen and oxygen atoms in total. The predicted octanol–water partition coefficient (Wildman–Crippen LogP) is -1.43. The highest BCUT2D eigenvalue weighted by atomic mass is 32.5. The van der Waals surface area contributed by atoms with E-state index in [0.29, 0.717) is 0 Å². The second-order valence-electron chi connectivity index (χ2n) is 16.6. The maximum absolute atomic E-state index is 14.0. The van der Waals surface area contributed by atoms with E-state index in [1.807, 2.05) is 0 Å². The fourth-order valence-electron chi connectivity index (χ4n) is 8.44. The van der Waals surface area contributed by atoms with Gasteiger partial charge >= 0.3 is 29.1 Å². The normalized spacial score (nSPS) is 28.4. The average Bonchev–Trinajstić information content (AvgIpc) is 4.28. The highest BCUT2D eigenvalue weighted by Gasteiger charge is 2.53. The van der Waals surface area contributed by atoms with E-state index >= 15 is 0 Å². The van der Waals surface area contributed by atoms with Crippen LogP contribution in [-0.2, 0) is 88.1 Å². The molecule has 77 heavy (non-hydrogen) atoms. The third-order valence-electron chi connectivity index (χ3n) is 11.7. The van der Waals surface area contributed by atoms with E-state index in [0.717, 1.165) is 12.7 Å². The Hall–Kier alpha value is -3.95. The SMILES string of the molecule is CO[C@@H]1C(OP(=O)(O)OC[C@H]2O[C@@H](n3cnc4c(N)ncnc43)C(OP(O)(=S)OCCCOC3[C@@H](OP(O)(O)=S)CO[C@H]3n3cnc4c(N)ncnc43)[C@H]2O)[C@H](n2cnc3c(N)ncnc32)O[C@@H]1COP(=O)(O)OCCO. The molecule has 0 amide bonds. The molecule has 0 bridgehead atoms. The van der Waals surface area contributed by atoms with Gasteiger partial charge in [-0.1, -0.05) is 0 Å². The molecule has 3 aliphatic rings. The molecule has 0 spiro atoms. The number of methoxy groups -OCH3 is 1. The average molecular weight is 1200 g/mol. The first kappa shape index (κ1) is 57.7. The molecule has 0 radical (unpaired) electrons. The second-order valence-corrected chi connectivity index (χ2v) is 24.9. The third kappa shape index (κ3) is 13.0. The Morgan fingerprint density at radius 2 is 1.14 bits per heavy atom. The summed E-state index contributed by atoms with van der Waals surface area (Å²) in [7, 11) is -8.90. The Labute approximate surface area is 442 Å². The number of fused-ring (bicyclic) bond motifs is 3. The number of aliphatic hydroxyl groups excluding tert-OH is 2. The smallest absolute Gasteiger partial charge is 0.394 e. The molecular weight excluding hydrogens is 1150 g/mol. The van der Waals surface area contributed by atoms with E-state index in [1.54, 1.807) is 0 Å². The van der Waals surface area contributed by atoms with Crippen LogP contribution in [0.5, 0.6) is 0 Å². The van der Waals surface area contributed by atoms with Crippen LogP contribution >= 0.6 is 29.1 Å². The van der Waals surface area contributed by atoms with Gasteiger partial charge in [0.25, 0.3) is 0 Å². The number of phosphoric acid groups is 2. The molecule has 14 atom stereocenters. The number of rotatable bonds is 25. The van der Waals surface area contributed by atoms with Gasteiger partial charge in [-0.2, -0.15) is 0 Å². The zero-order valence-electron chi connectivity index (χ0n) is 39.5. The minimum atomic E-state index is -5.33. The Bertz CT molecular complexity index is 3250. The number of nitrogen functional groups attached to an aromatic ring is 3. The maximum atomic E-state index is 14.0. The Kier molecular flexibility index (Phi) is 17.7. The third-order valence-corrected chi connectivity index (χ3v) is 16.1. The molecule has 6 unspecified atom stereocenters. The van der Waals surface area contributed by atoms with Crippen LogP contribution in [0, 0.1) is 0 Å². The van der Waals surface area contributed by atoms with E-state index in [-0.39, 0.29) is 77.2 Å². The van der Waals surface area contributed by atoms with Gasteiger partial charge in [0.15, 0.2) is 53.1 Å². The zero-order chi connectivity index (χ0) is 55.0. The molecule has 0 saturated carbocycles. The first-order valence-corrected chi connectivity index (χ1v) is 30.6. The lowest BCUT2D eigenvalue weighted by molar-refractivity contribution is -0.0641. The summed E-state index contributed by atoms with van der Waals surface area (Å²) in [5.74, 6) is 0.0491. The van der Waals surface area contributed by atoms with Gasteiger partial charge in [-0.15, -0.1) is 0 Å². The van der Waals surface area contributed by atoms with Crippen LogP contribution in [0.3, 0.4) is 0 Å². The first-order chi connectivity index (χ1) is 36.6. The fraction of sp³-hybridized carbons (Fsp3) is 0.571. The van der Waals surface area contributed by atoms with Crippen molar-refractivity contribution in [2.24, 2.45) is 0 Å². The summed E-state index contributed by atoms with van der Waals surface area (Å²) in [6.45, 7) is -12.0. The quantitative estimate of drug-likeness (QED) is 0.0232. The van der Waals surface area contributed by atoms with Crippen molar-refractivity contribution >= 4 is 104 Å². The fourth-order valence-corrected chi connectivity index (χ4v) is 12.4. The van der Waals surface area contributed by atoms with Crippen molar-refractivity contribution < 1.29 is 99.2 Å². The minimum absolute atomic E-state index is 0.0208. The van der Waals surface area contributed by atoms with Crippen molar-refractivity contribution in [2.75, 3.05) is 70.6 Å². The number of anilines is 3. The number of ether oxygens (including phenoxy) is 5. The first-order valence-electron chi connectivity index (χ1n) is 22.4. The van der Waals surface area contributed by atoms with Gasteiger partial charge < -0.3 is 84.6 Å². The molecule has 3 fully saturated rings. The number of aromatic nitrogens is 12. The maximum Gasteiger partial charge on any atom is 0.472 e. The number of hydrogen-bond donors (Lipinski definition) is 10. The molecule has 0 aliphatic carbocycles.